The lowest BCUT2D eigenvalue weighted by Gasteiger charge is -2.32. The Morgan fingerprint density at radius 3 is 2.67 bits per heavy atom. The standard InChI is InChI=1S/C12H18N2O4/c1-7-4-9(5-8(2)17-7)13-12(15)10-6-11(16-3)14-18-10/h6-9H,4-5H2,1-3H3,(H,13,15)/t7-,8-/m1/s1. The van der Waals surface area contributed by atoms with E-state index >= 15 is 0 Å². The molecule has 6 heteroatoms. The molecule has 2 rings (SSSR count). The van der Waals surface area contributed by atoms with Crippen LogP contribution in [0.15, 0.2) is 10.6 Å². The number of aromatic nitrogens is 1. The van der Waals surface area contributed by atoms with Gasteiger partial charge >= 0.3 is 0 Å². The lowest BCUT2D eigenvalue weighted by Crippen LogP contribution is -2.43. The second-order valence-electron chi connectivity index (χ2n) is 4.63. The molecule has 0 unspecified atom stereocenters. The van der Waals surface area contributed by atoms with Gasteiger partial charge < -0.3 is 19.3 Å². The quantitative estimate of drug-likeness (QED) is 0.881. The van der Waals surface area contributed by atoms with Gasteiger partial charge in [-0.25, -0.2) is 0 Å². The number of rotatable bonds is 3. The van der Waals surface area contributed by atoms with E-state index in [0.717, 1.165) is 12.8 Å². The Morgan fingerprint density at radius 1 is 1.44 bits per heavy atom. The predicted molar refractivity (Wildman–Crippen MR) is 63.6 cm³/mol. The normalized spacial score (nSPS) is 27.8. The van der Waals surface area contributed by atoms with Gasteiger partial charge in [-0.1, -0.05) is 0 Å². The molecule has 1 N–H and O–H groups in total. The monoisotopic (exact) mass is 254 g/mol. The van der Waals surface area contributed by atoms with Gasteiger partial charge in [0.05, 0.1) is 25.4 Å². The fourth-order valence-corrected chi connectivity index (χ4v) is 2.24. The number of hydrogen-bond donors (Lipinski definition) is 1. The Balaban J connectivity index is 1.94. The van der Waals surface area contributed by atoms with Crippen LogP contribution >= 0.6 is 0 Å². The minimum absolute atomic E-state index is 0.104. The highest BCUT2D eigenvalue weighted by Crippen LogP contribution is 2.19. The Bertz CT molecular complexity index is 408. The zero-order chi connectivity index (χ0) is 13.1. The molecule has 100 valence electrons. The summed E-state index contributed by atoms with van der Waals surface area (Å²) >= 11 is 0. The number of ether oxygens (including phenoxy) is 2. The molecule has 1 amide bonds. The molecule has 0 bridgehead atoms. The summed E-state index contributed by atoms with van der Waals surface area (Å²) in [6.07, 6.45) is 1.93. The maximum absolute atomic E-state index is 11.9. The van der Waals surface area contributed by atoms with Crippen molar-refractivity contribution in [2.45, 2.75) is 44.9 Å². The number of methoxy groups -OCH3 is 1. The Morgan fingerprint density at radius 2 is 2.11 bits per heavy atom. The number of carbonyl (C=O) groups excluding carboxylic acids is 1. The van der Waals surface area contributed by atoms with E-state index in [1.165, 1.54) is 13.2 Å². The molecule has 0 aromatic carbocycles. The summed E-state index contributed by atoms with van der Waals surface area (Å²) < 4.78 is 15.4. The Kier molecular flexibility index (Phi) is 3.86. The zero-order valence-corrected chi connectivity index (χ0v) is 10.8. The number of carbonyl (C=O) groups is 1. The number of hydrogen-bond acceptors (Lipinski definition) is 5. The molecule has 0 spiro atoms. The largest absolute Gasteiger partial charge is 0.479 e. The summed E-state index contributed by atoms with van der Waals surface area (Å²) in [6, 6.07) is 1.58. The molecule has 1 aromatic heterocycles. The van der Waals surface area contributed by atoms with Crippen molar-refractivity contribution in [3.63, 3.8) is 0 Å². The number of nitrogens with one attached hydrogen (secondary N) is 1. The van der Waals surface area contributed by atoms with E-state index in [1.807, 2.05) is 13.8 Å². The third-order valence-corrected chi connectivity index (χ3v) is 2.95. The minimum Gasteiger partial charge on any atom is -0.479 e. The van der Waals surface area contributed by atoms with Gasteiger partial charge in [-0.05, 0) is 31.8 Å². The molecule has 1 saturated heterocycles. The summed E-state index contributed by atoms with van der Waals surface area (Å²) in [6.45, 7) is 4.01. The molecular weight excluding hydrogens is 236 g/mol. The summed E-state index contributed by atoms with van der Waals surface area (Å²) in [4.78, 5) is 11.9. The third-order valence-electron chi connectivity index (χ3n) is 2.95. The zero-order valence-electron chi connectivity index (χ0n) is 10.8. The topological polar surface area (TPSA) is 73.6 Å². The summed E-state index contributed by atoms with van der Waals surface area (Å²) in [7, 11) is 1.47. The molecule has 2 atom stereocenters. The highest BCUT2D eigenvalue weighted by atomic mass is 16.5. The van der Waals surface area contributed by atoms with Crippen molar-refractivity contribution in [2.75, 3.05) is 7.11 Å². The molecule has 1 aromatic rings. The first kappa shape index (κ1) is 12.9. The van der Waals surface area contributed by atoms with Crippen molar-refractivity contribution in [2.24, 2.45) is 0 Å². The van der Waals surface area contributed by atoms with Gasteiger partial charge in [0.25, 0.3) is 11.8 Å². The Hall–Kier alpha value is -1.56. The first-order valence-corrected chi connectivity index (χ1v) is 6.05. The fraction of sp³-hybridized carbons (Fsp3) is 0.667. The highest BCUT2D eigenvalue weighted by molar-refractivity contribution is 5.91. The molecule has 0 saturated carbocycles. The van der Waals surface area contributed by atoms with Crippen molar-refractivity contribution in [1.29, 1.82) is 0 Å². The smallest absolute Gasteiger partial charge is 0.290 e. The van der Waals surface area contributed by atoms with Crippen LogP contribution in [-0.2, 0) is 4.74 Å². The van der Waals surface area contributed by atoms with Gasteiger partial charge in [0.1, 0.15) is 0 Å². The molecule has 18 heavy (non-hydrogen) atoms. The molecule has 0 aliphatic carbocycles. The molecule has 6 nitrogen and oxygen atoms in total. The van der Waals surface area contributed by atoms with Gasteiger partial charge in [0, 0.05) is 6.04 Å². The average Bonchev–Trinajstić information content (AvgIpc) is 2.75. The fourth-order valence-electron chi connectivity index (χ4n) is 2.24. The first-order chi connectivity index (χ1) is 8.58. The van der Waals surface area contributed by atoms with E-state index in [2.05, 4.69) is 10.5 Å². The number of nitrogens with zero attached hydrogens (tertiary/aromatic N) is 1. The van der Waals surface area contributed by atoms with Crippen molar-refractivity contribution >= 4 is 5.91 Å². The molecule has 1 fully saturated rings. The maximum atomic E-state index is 11.9. The van der Waals surface area contributed by atoms with Gasteiger partial charge in [0.2, 0.25) is 5.76 Å². The maximum Gasteiger partial charge on any atom is 0.290 e. The van der Waals surface area contributed by atoms with Crippen molar-refractivity contribution in [3.8, 4) is 5.88 Å². The summed E-state index contributed by atoms with van der Waals surface area (Å²) in [5.41, 5.74) is 0. The molecule has 0 radical (unpaired) electrons. The van der Waals surface area contributed by atoms with Crippen molar-refractivity contribution in [1.82, 2.24) is 10.5 Å². The van der Waals surface area contributed by atoms with E-state index in [-0.39, 0.29) is 29.9 Å². The van der Waals surface area contributed by atoms with Crippen LogP contribution in [-0.4, -0.2) is 36.4 Å². The van der Waals surface area contributed by atoms with Crippen LogP contribution in [0.2, 0.25) is 0 Å². The van der Waals surface area contributed by atoms with Gasteiger partial charge in [-0.2, -0.15) is 0 Å². The van der Waals surface area contributed by atoms with Crippen molar-refractivity contribution in [3.05, 3.63) is 11.8 Å². The summed E-state index contributed by atoms with van der Waals surface area (Å²) in [5, 5.41) is 6.52. The van der Waals surface area contributed by atoms with Crippen LogP contribution < -0.4 is 10.1 Å². The van der Waals surface area contributed by atoms with Gasteiger partial charge in [-0.3, -0.25) is 4.79 Å². The van der Waals surface area contributed by atoms with Crippen LogP contribution in [0.3, 0.4) is 0 Å². The molecule has 1 aliphatic heterocycles. The Labute approximate surface area is 106 Å². The lowest BCUT2D eigenvalue weighted by molar-refractivity contribution is -0.0409. The predicted octanol–water partition coefficient (Wildman–Crippen LogP) is 1.37. The van der Waals surface area contributed by atoms with E-state index < -0.39 is 0 Å². The third kappa shape index (κ3) is 3.01. The lowest BCUT2D eigenvalue weighted by atomic mass is 10.00. The van der Waals surface area contributed by atoms with Crippen molar-refractivity contribution < 1.29 is 18.8 Å². The van der Waals surface area contributed by atoms with Gasteiger partial charge in [0.15, 0.2) is 0 Å². The SMILES string of the molecule is COc1cc(C(=O)NC2C[C@@H](C)O[C@H](C)C2)on1. The van der Waals surface area contributed by atoms with E-state index in [0.29, 0.717) is 5.88 Å². The molecular formula is C12H18N2O4. The second kappa shape index (κ2) is 5.39. The van der Waals surface area contributed by atoms with E-state index in [4.69, 9.17) is 14.0 Å². The number of amides is 1. The van der Waals surface area contributed by atoms with E-state index in [9.17, 15) is 4.79 Å². The second-order valence-corrected chi connectivity index (χ2v) is 4.63. The minimum atomic E-state index is -0.267. The summed E-state index contributed by atoms with van der Waals surface area (Å²) in [5.74, 6) is 0.199. The van der Waals surface area contributed by atoms with Crippen LogP contribution in [0.4, 0.5) is 0 Å². The molecule has 1 aliphatic rings. The van der Waals surface area contributed by atoms with Crippen LogP contribution in [0, 0.1) is 0 Å². The highest BCUT2D eigenvalue weighted by Gasteiger charge is 2.26. The van der Waals surface area contributed by atoms with Crippen LogP contribution in [0.5, 0.6) is 5.88 Å². The first-order valence-electron chi connectivity index (χ1n) is 6.05. The van der Waals surface area contributed by atoms with Crippen LogP contribution in [0.1, 0.15) is 37.2 Å². The average molecular weight is 254 g/mol. The van der Waals surface area contributed by atoms with Gasteiger partial charge in [-0.15, -0.1) is 0 Å². The van der Waals surface area contributed by atoms with Crippen LogP contribution in [0.25, 0.3) is 0 Å². The molecule has 2 heterocycles. The van der Waals surface area contributed by atoms with E-state index in [1.54, 1.807) is 0 Å².